The van der Waals surface area contributed by atoms with Gasteiger partial charge in [0.2, 0.25) is 0 Å². The SMILES string of the molecule is CC(C)c1c(-c2ccc(OC(F)(F)F)c(Cl)c2)[nH]c2c(C#N)cnn2c1=O. The molecule has 0 saturated carbocycles. The largest absolute Gasteiger partial charge is 0.573 e. The minimum absolute atomic E-state index is 0.159. The molecule has 0 aliphatic carbocycles. The maximum absolute atomic E-state index is 12.8. The zero-order valence-electron chi connectivity index (χ0n) is 14.1. The third-order valence-corrected chi connectivity index (χ3v) is 4.14. The van der Waals surface area contributed by atoms with Gasteiger partial charge < -0.3 is 9.72 Å². The quantitative estimate of drug-likeness (QED) is 0.717. The second-order valence-corrected chi connectivity index (χ2v) is 6.40. The molecule has 0 unspecified atom stereocenters. The summed E-state index contributed by atoms with van der Waals surface area (Å²) >= 11 is 5.93. The average Bonchev–Trinajstić information content (AvgIpc) is 2.98. The molecule has 0 saturated heterocycles. The van der Waals surface area contributed by atoms with Crippen molar-refractivity contribution >= 4 is 17.2 Å². The van der Waals surface area contributed by atoms with Crippen molar-refractivity contribution in [1.29, 1.82) is 5.26 Å². The number of aromatic amines is 1. The van der Waals surface area contributed by atoms with E-state index in [1.54, 1.807) is 13.8 Å². The Bertz CT molecular complexity index is 1130. The second-order valence-electron chi connectivity index (χ2n) is 6.00. The molecule has 3 aromatic rings. The molecule has 0 aliphatic heterocycles. The Labute approximate surface area is 155 Å². The van der Waals surface area contributed by atoms with Crippen molar-refractivity contribution in [1.82, 2.24) is 14.6 Å². The van der Waals surface area contributed by atoms with Crippen LogP contribution in [0.2, 0.25) is 5.02 Å². The first-order chi connectivity index (χ1) is 12.6. The lowest BCUT2D eigenvalue weighted by Crippen LogP contribution is -2.22. The average molecular weight is 397 g/mol. The number of H-pyrrole nitrogens is 1. The van der Waals surface area contributed by atoms with Gasteiger partial charge in [-0.15, -0.1) is 13.2 Å². The predicted octanol–water partition coefficient (Wildman–Crippen LogP) is 4.24. The molecule has 2 aromatic heterocycles. The van der Waals surface area contributed by atoms with Crippen molar-refractivity contribution in [2.45, 2.75) is 26.1 Å². The smallest absolute Gasteiger partial charge is 0.404 e. The van der Waals surface area contributed by atoms with Crippen molar-refractivity contribution in [3.8, 4) is 23.1 Å². The van der Waals surface area contributed by atoms with Gasteiger partial charge in [-0.05, 0) is 24.1 Å². The predicted molar refractivity (Wildman–Crippen MR) is 91.7 cm³/mol. The fourth-order valence-corrected chi connectivity index (χ4v) is 2.96. The summed E-state index contributed by atoms with van der Waals surface area (Å²) in [5, 5.41) is 12.8. The third-order valence-electron chi connectivity index (χ3n) is 3.85. The number of benzene rings is 1. The van der Waals surface area contributed by atoms with Crippen molar-refractivity contribution in [2.24, 2.45) is 0 Å². The number of nitrogens with one attached hydrogen (secondary N) is 1. The van der Waals surface area contributed by atoms with Crippen LogP contribution in [0.25, 0.3) is 16.9 Å². The summed E-state index contributed by atoms with van der Waals surface area (Å²) in [7, 11) is 0. The van der Waals surface area contributed by atoms with Crippen LogP contribution in [0.15, 0.2) is 29.2 Å². The van der Waals surface area contributed by atoms with E-state index in [2.05, 4.69) is 14.8 Å². The third kappa shape index (κ3) is 3.48. The van der Waals surface area contributed by atoms with Gasteiger partial charge in [-0.3, -0.25) is 4.79 Å². The minimum Gasteiger partial charge on any atom is -0.404 e. The van der Waals surface area contributed by atoms with Crippen molar-refractivity contribution in [2.75, 3.05) is 0 Å². The minimum atomic E-state index is -4.87. The van der Waals surface area contributed by atoms with E-state index in [4.69, 9.17) is 11.6 Å². The van der Waals surface area contributed by atoms with E-state index in [1.807, 2.05) is 6.07 Å². The van der Waals surface area contributed by atoms with Crippen LogP contribution in [-0.4, -0.2) is 21.0 Å². The monoisotopic (exact) mass is 396 g/mol. The molecular weight excluding hydrogens is 385 g/mol. The van der Waals surface area contributed by atoms with Crippen molar-refractivity contribution in [3.63, 3.8) is 0 Å². The normalized spacial score (nSPS) is 11.8. The van der Waals surface area contributed by atoms with E-state index in [9.17, 15) is 23.2 Å². The molecule has 0 atom stereocenters. The molecule has 1 N–H and O–H groups in total. The first kappa shape index (κ1) is 18.8. The number of nitrogens with zero attached hydrogens (tertiary/aromatic N) is 3. The fraction of sp³-hybridized carbons (Fsp3) is 0.235. The Hall–Kier alpha value is -2.99. The van der Waals surface area contributed by atoms with Gasteiger partial charge in [-0.25, -0.2) is 0 Å². The number of hydrogen-bond donors (Lipinski definition) is 1. The van der Waals surface area contributed by atoms with Crippen LogP contribution in [0, 0.1) is 11.3 Å². The summed E-state index contributed by atoms with van der Waals surface area (Å²) in [6.07, 6.45) is -3.62. The lowest BCUT2D eigenvalue weighted by atomic mass is 9.98. The van der Waals surface area contributed by atoms with Crippen LogP contribution in [0.5, 0.6) is 5.75 Å². The fourth-order valence-electron chi connectivity index (χ4n) is 2.74. The van der Waals surface area contributed by atoms with Gasteiger partial charge in [0.25, 0.3) is 5.56 Å². The van der Waals surface area contributed by atoms with Gasteiger partial charge in [-0.2, -0.15) is 14.9 Å². The second kappa shape index (κ2) is 6.63. The number of rotatable bonds is 3. The highest BCUT2D eigenvalue weighted by Gasteiger charge is 2.32. The zero-order chi connectivity index (χ0) is 19.9. The lowest BCUT2D eigenvalue weighted by molar-refractivity contribution is -0.274. The molecule has 140 valence electrons. The maximum atomic E-state index is 12.8. The Morgan fingerprint density at radius 2 is 2.07 bits per heavy atom. The van der Waals surface area contributed by atoms with Crippen molar-refractivity contribution < 1.29 is 17.9 Å². The van der Waals surface area contributed by atoms with E-state index < -0.39 is 17.7 Å². The number of aromatic nitrogens is 3. The molecule has 0 radical (unpaired) electrons. The number of halogens is 4. The lowest BCUT2D eigenvalue weighted by Gasteiger charge is -2.15. The van der Waals surface area contributed by atoms with E-state index in [-0.39, 0.29) is 22.2 Å². The standard InChI is InChI=1S/C17H12ClF3N4O2/c1-8(2)13-14(24-15-10(6-22)7-23-25(15)16(13)26)9-3-4-12(11(18)5-9)27-17(19,20)21/h3-5,7-8,24H,1-2H3. The Morgan fingerprint density at radius 3 is 2.63 bits per heavy atom. The van der Waals surface area contributed by atoms with Crippen LogP contribution >= 0.6 is 11.6 Å². The molecule has 27 heavy (non-hydrogen) atoms. The van der Waals surface area contributed by atoms with Crippen LogP contribution in [0.3, 0.4) is 0 Å². The summed E-state index contributed by atoms with van der Waals surface area (Å²) in [6.45, 7) is 3.58. The first-order valence-corrected chi connectivity index (χ1v) is 8.10. The molecule has 2 heterocycles. The van der Waals surface area contributed by atoms with Crippen LogP contribution < -0.4 is 10.3 Å². The molecule has 0 bridgehead atoms. The van der Waals surface area contributed by atoms with Gasteiger partial charge in [-0.1, -0.05) is 25.4 Å². The highest BCUT2D eigenvalue weighted by Crippen LogP contribution is 2.35. The zero-order valence-corrected chi connectivity index (χ0v) is 14.8. The summed E-state index contributed by atoms with van der Waals surface area (Å²) in [5.74, 6) is -0.780. The molecule has 3 rings (SSSR count). The number of alkyl halides is 3. The summed E-state index contributed by atoms with van der Waals surface area (Å²) < 4.78 is 42.2. The molecule has 0 amide bonds. The molecule has 6 nitrogen and oxygen atoms in total. The molecular formula is C17H12ClF3N4O2. The molecule has 10 heteroatoms. The Kier molecular flexibility index (Phi) is 4.61. The highest BCUT2D eigenvalue weighted by molar-refractivity contribution is 6.32. The van der Waals surface area contributed by atoms with E-state index in [0.717, 1.165) is 10.6 Å². The van der Waals surface area contributed by atoms with Crippen LogP contribution in [0.4, 0.5) is 13.2 Å². The Morgan fingerprint density at radius 1 is 1.37 bits per heavy atom. The van der Waals surface area contributed by atoms with E-state index in [0.29, 0.717) is 16.8 Å². The molecule has 0 aliphatic rings. The van der Waals surface area contributed by atoms with Gasteiger partial charge in [0, 0.05) is 11.1 Å². The molecule has 1 aromatic carbocycles. The van der Waals surface area contributed by atoms with E-state index in [1.165, 1.54) is 18.3 Å². The Balaban J connectivity index is 2.24. The number of fused-ring (bicyclic) bond motifs is 1. The van der Waals surface area contributed by atoms with Crippen molar-refractivity contribution in [3.05, 3.63) is 50.9 Å². The van der Waals surface area contributed by atoms with Gasteiger partial charge >= 0.3 is 6.36 Å². The summed E-state index contributed by atoms with van der Waals surface area (Å²) in [5.41, 5.74) is 1.00. The van der Waals surface area contributed by atoms with Gasteiger partial charge in [0.05, 0.1) is 16.9 Å². The summed E-state index contributed by atoms with van der Waals surface area (Å²) in [6, 6.07) is 5.61. The number of ether oxygens (including phenoxy) is 1. The number of hydrogen-bond acceptors (Lipinski definition) is 4. The maximum Gasteiger partial charge on any atom is 0.573 e. The topological polar surface area (TPSA) is 83.2 Å². The van der Waals surface area contributed by atoms with Gasteiger partial charge in [0.1, 0.15) is 17.4 Å². The first-order valence-electron chi connectivity index (χ1n) is 7.72. The van der Waals surface area contributed by atoms with E-state index >= 15 is 0 Å². The van der Waals surface area contributed by atoms with Crippen LogP contribution in [0.1, 0.15) is 30.9 Å². The molecule has 0 fully saturated rings. The van der Waals surface area contributed by atoms with Gasteiger partial charge in [0.15, 0.2) is 5.65 Å². The summed E-state index contributed by atoms with van der Waals surface area (Å²) in [4.78, 5) is 15.8. The van der Waals surface area contributed by atoms with Crippen LogP contribution in [-0.2, 0) is 0 Å². The number of nitriles is 1. The molecule has 0 spiro atoms. The highest BCUT2D eigenvalue weighted by atomic mass is 35.5.